The van der Waals surface area contributed by atoms with Crippen molar-refractivity contribution in [1.82, 2.24) is 0 Å². The fourth-order valence-corrected chi connectivity index (χ4v) is 3.05. The molecule has 1 heterocycles. The molecular weight excluding hydrogens is 228 g/mol. The van der Waals surface area contributed by atoms with Gasteiger partial charge in [-0.1, -0.05) is 24.3 Å². The summed E-state index contributed by atoms with van der Waals surface area (Å²) >= 11 is 0. The Hall–Kier alpha value is -1.19. The zero-order valence-corrected chi connectivity index (χ0v) is 10.7. The molecule has 1 aromatic rings. The lowest BCUT2D eigenvalue weighted by Gasteiger charge is -2.46. The Balaban J connectivity index is 2.03. The number of Topliss-reactive ketones (excluding diaryl/α,β-unsaturated/α-hetero) is 1. The largest absolute Gasteiger partial charge is 0.390 e. The quantitative estimate of drug-likeness (QED) is 0.765. The number of hydrogen-bond acceptors (Lipinski definition) is 3. The van der Waals surface area contributed by atoms with Crippen LogP contribution in [0.3, 0.4) is 0 Å². The minimum atomic E-state index is -0.547. The lowest BCUT2D eigenvalue weighted by molar-refractivity contribution is -0.197. The van der Waals surface area contributed by atoms with Crippen LogP contribution in [-0.2, 0) is 4.74 Å². The normalized spacial score (nSPS) is 33.7. The molecule has 1 aliphatic heterocycles. The Kier molecular flexibility index (Phi) is 2.57. The van der Waals surface area contributed by atoms with E-state index in [-0.39, 0.29) is 17.8 Å². The summed E-state index contributed by atoms with van der Waals surface area (Å²) in [6.45, 7) is 3.82. The molecule has 3 atom stereocenters. The molecule has 0 spiro atoms. The Morgan fingerprint density at radius 2 is 2.06 bits per heavy atom. The molecule has 1 aromatic carbocycles. The Morgan fingerprint density at radius 3 is 2.83 bits per heavy atom. The molecule has 0 aromatic heterocycles. The van der Waals surface area contributed by atoms with E-state index in [0.29, 0.717) is 12.8 Å². The van der Waals surface area contributed by atoms with Crippen molar-refractivity contribution in [3.05, 3.63) is 35.4 Å². The van der Waals surface area contributed by atoms with Crippen LogP contribution in [0.25, 0.3) is 0 Å². The summed E-state index contributed by atoms with van der Waals surface area (Å²) in [7, 11) is 0. The summed E-state index contributed by atoms with van der Waals surface area (Å²) in [5, 5.41) is 10.1. The van der Waals surface area contributed by atoms with E-state index >= 15 is 0 Å². The van der Waals surface area contributed by atoms with Gasteiger partial charge in [-0.15, -0.1) is 0 Å². The van der Waals surface area contributed by atoms with Crippen LogP contribution in [0.4, 0.5) is 0 Å². The summed E-state index contributed by atoms with van der Waals surface area (Å²) in [5.41, 5.74) is 1.22. The summed E-state index contributed by atoms with van der Waals surface area (Å²) in [6.07, 6.45) is 0.557. The molecule has 3 rings (SSSR count). The number of carbonyl (C=O) groups is 1. The summed E-state index contributed by atoms with van der Waals surface area (Å²) in [6, 6.07) is 7.67. The number of benzene rings is 1. The first-order chi connectivity index (χ1) is 8.49. The molecule has 3 nitrogen and oxygen atoms in total. The van der Waals surface area contributed by atoms with Crippen molar-refractivity contribution in [1.29, 1.82) is 0 Å². The Labute approximate surface area is 107 Å². The van der Waals surface area contributed by atoms with Crippen LogP contribution in [-0.4, -0.2) is 22.6 Å². The SMILES string of the molecule is CC1(C)O[C@H]2c3ccccc3C(=O)C[C@H]2C[C@H]1O. The van der Waals surface area contributed by atoms with E-state index in [0.717, 1.165) is 11.1 Å². The van der Waals surface area contributed by atoms with Crippen molar-refractivity contribution in [3.8, 4) is 0 Å². The van der Waals surface area contributed by atoms with E-state index in [1.165, 1.54) is 0 Å². The van der Waals surface area contributed by atoms with Gasteiger partial charge in [-0.3, -0.25) is 4.79 Å². The van der Waals surface area contributed by atoms with Crippen molar-refractivity contribution in [2.24, 2.45) is 5.92 Å². The average Bonchev–Trinajstić information content (AvgIpc) is 2.33. The minimum absolute atomic E-state index is 0.0581. The number of rotatable bonds is 0. The van der Waals surface area contributed by atoms with Crippen LogP contribution in [0.2, 0.25) is 0 Å². The molecule has 1 fully saturated rings. The lowest BCUT2D eigenvalue weighted by Crippen LogP contribution is -2.49. The Bertz CT molecular complexity index is 492. The molecule has 0 radical (unpaired) electrons. The molecule has 18 heavy (non-hydrogen) atoms. The molecule has 96 valence electrons. The fourth-order valence-electron chi connectivity index (χ4n) is 3.05. The van der Waals surface area contributed by atoms with Gasteiger partial charge in [0.25, 0.3) is 0 Å². The van der Waals surface area contributed by atoms with Crippen molar-refractivity contribution in [2.45, 2.75) is 44.5 Å². The lowest BCUT2D eigenvalue weighted by atomic mass is 9.74. The second-order valence-electron chi connectivity index (χ2n) is 5.87. The monoisotopic (exact) mass is 246 g/mol. The number of aliphatic hydroxyl groups excluding tert-OH is 1. The molecule has 1 saturated heterocycles. The van der Waals surface area contributed by atoms with Crippen LogP contribution >= 0.6 is 0 Å². The van der Waals surface area contributed by atoms with Gasteiger partial charge in [0.15, 0.2) is 5.78 Å². The number of ketones is 1. The average molecular weight is 246 g/mol. The third kappa shape index (κ3) is 1.70. The molecule has 0 saturated carbocycles. The summed E-state index contributed by atoms with van der Waals surface area (Å²) in [5.74, 6) is 0.276. The van der Waals surface area contributed by atoms with Crippen molar-refractivity contribution < 1.29 is 14.6 Å². The molecular formula is C15H18O3. The van der Waals surface area contributed by atoms with Gasteiger partial charge in [0.1, 0.15) is 0 Å². The van der Waals surface area contributed by atoms with Gasteiger partial charge in [0, 0.05) is 12.0 Å². The number of hydrogen-bond donors (Lipinski definition) is 1. The minimum Gasteiger partial charge on any atom is -0.390 e. The van der Waals surface area contributed by atoms with Crippen molar-refractivity contribution >= 4 is 5.78 Å². The summed E-state index contributed by atoms with van der Waals surface area (Å²) < 4.78 is 6.06. The second kappa shape index (κ2) is 3.90. The van der Waals surface area contributed by atoms with Gasteiger partial charge in [0.05, 0.1) is 17.8 Å². The van der Waals surface area contributed by atoms with Crippen LogP contribution in [0.15, 0.2) is 24.3 Å². The molecule has 0 bridgehead atoms. The maximum atomic E-state index is 12.1. The predicted molar refractivity (Wildman–Crippen MR) is 67.4 cm³/mol. The van der Waals surface area contributed by atoms with Gasteiger partial charge >= 0.3 is 0 Å². The van der Waals surface area contributed by atoms with E-state index in [2.05, 4.69) is 0 Å². The molecule has 0 unspecified atom stereocenters. The van der Waals surface area contributed by atoms with Gasteiger partial charge < -0.3 is 9.84 Å². The maximum Gasteiger partial charge on any atom is 0.163 e. The van der Waals surface area contributed by atoms with Crippen molar-refractivity contribution in [3.63, 3.8) is 0 Å². The van der Waals surface area contributed by atoms with Crippen LogP contribution < -0.4 is 0 Å². The van der Waals surface area contributed by atoms with E-state index in [1.54, 1.807) is 0 Å². The highest BCUT2D eigenvalue weighted by molar-refractivity contribution is 5.98. The summed E-state index contributed by atoms with van der Waals surface area (Å²) in [4.78, 5) is 12.1. The maximum absolute atomic E-state index is 12.1. The third-order valence-electron chi connectivity index (χ3n) is 4.20. The highest BCUT2D eigenvalue weighted by Gasteiger charge is 2.46. The van der Waals surface area contributed by atoms with E-state index in [9.17, 15) is 9.90 Å². The molecule has 0 amide bonds. The van der Waals surface area contributed by atoms with Crippen molar-refractivity contribution in [2.75, 3.05) is 0 Å². The van der Waals surface area contributed by atoms with Crippen LogP contribution in [0.5, 0.6) is 0 Å². The standard InChI is InChI=1S/C15H18O3/c1-15(2)13(17)8-9-7-12(16)10-5-3-4-6-11(10)14(9)18-15/h3-6,9,13-14,17H,7-8H2,1-2H3/t9-,13+,14+/m0/s1. The number of carbonyl (C=O) groups excluding carboxylic acids is 1. The zero-order valence-electron chi connectivity index (χ0n) is 10.7. The highest BCUT2D eigenvalue weighted by Crippen LogP contribution is 2.46. The number of ether oxygens (including phenoxy) is 1. The predicted octanol–water partition coefficient (Wildman–Crippen LogP) is 2.49. The molecule has 2 aliphatic rings. The zero-order chi connectivity index (χ0) is 12.9. The first-order valence-corrected chi connectivity index (χ1v) is 6.47. The molecule has 1 N–H and O–H groups in total. The molecule has 3 heteroatoms. The molecule has 1 aliphatic carbocycles. The Morgan fingerprint density at radius 1 is 1.33 bits per heavy atom. The second-order valence-corrected chi connectivity index (χ2v) is 5.87. The first kappa shape index (κ1) is 11.9. The van der Waals surface area contributed by atoms with Crippen LogP contribution in [0.1, 0.15) is 48.7 Å². The topological polar surface area (TPSA) is 46.5 Å². The smallest absolute Gasteiger partial charge is 0.163 e. The van der Waals surface area contributed by atoms with Gasteiger partial charge in [-0.05, 0) is 31.7 Å². The van der Waals surface area contributed by atoms with E-state index in [1.807, 2.05) is 38.1 Å². The van der Waals surface area contributed by atoms with Crippen LogP contribution in [0, 0.1) is 5.92 Å². The van der Waals surface area contributed by atoms with Gasteiger partial charge in [0.2, 0.25) is 0 Å². The number of aliphatic hydroxyl groups is 1. The highest BCUT2D eigenvalue weighted by atomic mass is 16.5. The van der Waals surface area contributed by atoms with Gasteiger partial charge in [-0.2, -0.15) is 0 Å². The fraction of sp³-hybridized carbons (Fsp3) is 0.533. The van der Waals surface area contributed by atoms with E-state index < -0.39 is 11.7 Å². The third-order valence-corrected chi connectivity index (χ3v) is 4.20. The first-order valence-electron chi connectivity index (χ1n) is 6.47. The van der Waals surface area contributed by atoms with E-state index in [4.69, 9.17) is 4.74 Å². The number of fused-ring (bicyclic) bond motifs is 3. The van der Waals surface area contributed by atoms with Gasteiger partial charge in [-0.25, -0.2) is 0 Å².